The Labute approximate surface area is 131 Å². The summed E-state index contributed by atoms with van der Waals surface area (Å²) in [6.07, 6.45) is 0. The molecular weight excluding hydrogens is 313 g/mol. The summed E-state index contributed by atoms with van der Waals surface area (Å²) in [5, 5.41) is 4.09. The van der Waals surface area contributed by atoms with Crippen molar-refractivity contribution >= 4 is 34.0 Å². The van der Waals surface area contributed by atoms with Gasteiger partial charge in [0, 0.05) is 16.7 Å². The summed E-state index contributed by atoms with van der Waals surface area (Å²) < 4.78 is 12.4. The molecule has 2 unspecified atom stereocenters. The molecule has 2 atom stereocenters. The van der Waals surface area contributed by atoms with E-state index in [1.807, 2.05) is 37.4 Å². The maximum absolute atomic E-state index is 12.4. The Morgan fingerprint density at radius 2 is 1.80 bits per heavy atom. The molecule has 0 bridgehead atoms. The Kier molecular flexibility index (Phi) is 5.61. The molecule has 0 aliphatic rings. The third kappa shape index (κ3) is 3.83. The highest BCUT2D eigenvalue weighted by Gasteiger charge is 2.15. The monoisotopic (exact) mass is 327 g/mol. The van der Waals surface area contributed by atoms with Crippen molar-refractivity contribution in [3.63, 3.8) is 0 Å². The lowest BCUT2D eigenvalue weighted by Gasteiger charge is -2.16. The smallest absolute Gasteiger partial charge is 0.0604 e. The van der Waals surface area contributed by atoms with Gasteiger partial charge in [0.2, 0.25) is 0 Å². The lowest BCUT2D eigenvalue weighted by atomic mass is 10.1. The predicted molar refractivity (Wildman–Crippen MR) is 86.0 cm³/mol. The first-order valence-electron chi connectivity index (χ1n) is 6.17. The summed E-state index contributed by atoms with van der Waals surface area (Å²) in [6, 6.07) is 15.1. The molecule has 0 amide bonds. The van der Waals surface area contributed by atoms with E-state index in [1.165, 1.54) is 0 Å². The molecule has 106 valence electrons. The molecule has 20 heavy (non-hydrogen) atoms. The number of rotatable bonds is 5. The minimum atomic E-state index is -1.14. The van der Waals surface area contributed by atoms with Crippen molar-refractivity contribution in [1.29, 1.82) is 0 Å². The van der Waals surface area contributed by atoms with Crippen LogP contribution in [-0.2, 0) is 10.8 Å². The lowest BCUT2D eigenvalue weighted by molar-refractivity contribution is 0.635. The van der Waals surface area contributed by atoms with Gasteiger partial charge in [-0.3, -0.25) is 4.21 Å². The van der Waals surface area contributed by atoms with Crippen molar-refractivity contribution < 1.29 is 4.21 Å². The van der Waals surface area contributed by atoms with Crippen molar-refractivity contribution in [3.8, 4) is 0 Å². The van der Waals surface area contributed by atoms with E-state index in [0.29, 0.717) is 20.7 Å². The highest BCUT2D eigenvalue weighted by molar-refractivity contribution is 7.85. The normalized spacial score (nSPS) is 13.9. The largest absolute Gasteiger partial charge is 0.312 e. The molecule has 0 aliphatic carbocycles. The van der Waals surface area contributed by atoms with Crippen LogP contribution in [0.2, 0.25) is 10.0 Å². The number of benzene rings is 2. The maximum atomic E-state index is 12.4. The topological polar surface area (TPSA) is 29.1 Å². The number of nitrogens with one attached hydrogen (secondary N) is 1. The van der Waals surface area contributed by atoms with Gasteiger partial charge in [0.25, 0.3) is 0 Å². The fraction of sp³-hybridized carbons (Fsp3) is 0.200. The molecule has 0 fully saturated rings. The third-order valence-electron chi connectivity index (χ3n) is 3.02. The molecule has 5 heteroatoms. The fourth-order valence-corrected chi connectivity index (χ4v) is 3.58. The van der Waals surface area contributed by atoms with Gasteiger partial charge in [-0.1, -0.05) is 53.5 Å². The summed E-state index contributed by atoms with van der Waals surface area (Å²) in [5.74, 6) is 0.485. The number of hydrogen-bond donors (Lipinski definition) is 1. The zero-order valence-electron chi connectivity index (χ0n) is 11.0. The lowest BCUT2D eigenvalue weighted by Crippen LogP contribution is -2.22. The van der Waals surface area contributed by atoms with Crippen LogP contribution in [0.5, 0.6) is 0 Å². The van der Waals surface area contributed by atoms with E-state index in [1.54, 1.807) is 18.2 Å². The van der Waals surface area contributed by atoms with E-state index < -0.39 is 10.8 Å². The first-order chi connectivity index (χ1) is 9.61. The van der Waals surface area contributed by atoms with E-state index in [4.69, 9.17) is 23.2 Å². The van der Waals surface area contributed by atoms with Gasteiger partial charge in [-0.2, -0.15) is 0 Å². The van der Waals surface area contributed by atoms with Crippen LogP contribution in [0.25, 0.3) is 0 Å². The van der Waals surface area contributed by atoms with E-state index in [-0.39, 0.29) is 6.04 Å². The molecule has 2 aromatic rings. The highest BCUT2D eigenvalue weighted by Crippen LogP contribution is 2.25. The zero-order chi connectivity index (χ0) is 14.5. The quantitative estimate of drug-likeness (QED) is 0.897. The molecule has 2 nitrogen and oxygen atoms in total. The zero-order valence-corrected chi connectivity index (χ0v) is 13.3. The van der Waals surface area contributed by atoms with Gasteiger partial charge >= 0.3 is 0 Å². The maximum Gasteiger partial charge on any atom is 0.0604 e. The molecule has 0 saturated heterocycles. The van der Waals surface area contributed by atoms with Crippen LogP contribution in [-0.4, -0.2) is 17.0 Å². The van der Waals surface area contributed by atoms with Crippen molar-refractivity contribution in [2.45, 2.75) is 10.9 Å². The van der Waals surface area contributed by atoms with Crippen LogP contribution in [0.1, 0.15) is 11.6 Å². The molecule has 1 N–H and O–H groups in total. The summed E-state index contributed by atoms with van der Waals surface area (Å²) >= 11 is 11.8. The van der Waals surface area contributed by atoms with Crippen molar-refractivity contribution in [2.75, 3.05) is 12.8 Å². The van der Waals surface area contributed by atoms with Crippen LogP contribution in [0.4, 0.5) is 0 Å². The van der Waals surface area contributed by atoms with Crippen LogP contribution in [0, 0.1) is 0 Å². The van der Waals surface area contributed by atoms with Gasteiger partial charge in [-0.05, 0) is 30.8 Å². The fourth-order valence-electron chi connectivity index (χ4n) is 1.90. The van der Waals surface area contributed by atoms with E-state index >= 15 is 0 Å². The number of hydrogen-bond acceptors (Lipinski definition) is 2. The number of halogens is 2. The third-order valence-corrected chi connectivity index (χ3v) is 5.18. The molecule has 0 radical (unpaired) electrons. The first-order valence-corrected chi connectivity index (χ1v) is 8.25. The van der Waals surface area contributed by atoms with Crippen LogP contribution in [0.15, 0.2) is 53.4 Å². The van der Waals surface area contributed by atoms with Gasteiger partial charge in [0.1, 0.15) is 0 Å². The molecule has 2 rings (SSSR count). The van der Waals surface area contributed by atoms with Crippen molar-refractivity contribution in [2.24, 2.45) is 0 Å². The van der Waals surface area contributed by atoms with Crippen molar-refractivity contribution in [3.05, 3.63) is 64.1 Å². The molecular formula is C15H15Cl2NOS. The van der Waals surface area contributed by atoms with Gasteiger partial charge < -0.3 is 5.32 Å². The van der Waals surface area contributed by atoms with Gasteiger partial charge in [0.15, 0.2) is 0 Å². The Balaban J connectivity index is 2.15. The summed E-state index contributed by atoms with van der Waals surface area (Å²) in [6.45, 7) is 0. The molecule has 0 spiro atoms. The van der Waals surface area contributed by atoms with E-state index in [9.17, 15) is 4.21 Å². The first kappa shape index (κ1) is 15.5. The molecule has 0 aromatic heterocycles. The SMILES string of the molecule is CNC(CS(=O)c1ccc(Cl)c(Cl)c1)c1ccccc1. The minimum Gasteiger partial charge on any atom is -0.312 e. The molecule has 0 heterocycles. The van der Waals surface area contributed by atoms with Gasteiger partial charge in [-0.15, -0.1) is 0 Å². The van der Waals surface area contributed by atoms with Crippen LogP contribution < -0.4 is 5.32 Å². The standard InChI is InChI=1S/C15H15Cl2NOS/c1-18-15(11-5-3-2-4-6-11)10-20(19)12-7-8-13(16)14(17)9-12/h2-9,15,18H,10H2,1H3. The Morgan fingerprint density at radius 3 is 2.40 bits per heavy atom. The second kappa shape index (κ2) is 7.23. The average molecular weight is 328 g/mol. The van der Waals surface area contributed by atoms with E-state index in [2.05, 4.69) is 5.32 Å². The molecule has 0 aliphatic heterocycles. The predicted octanol–water partition coefficient (Wildman–Crippen LogP) is 4.06. The summed E-state index contributed by atoms with van der Waals surface area (Å²) in [5.41, 5.74) is 1.11. The Hall–Kier alpha value is -0.870. The summed E-state index contributed by atoms with van der Waals surface area (Å²) in [7, 11) is 0.727. The highest BCUT2D eigenvalue weighted by atomic mass is 35.5. The Bertz CT molecular complexity index is 604. The summed E-state index contributed by atoms with van der Waals surface area (Å²) in [4.78, 5) is 0.690. The van der Waals surface area contributed by atoms with Crippen LogP contribution in [0.3, 0.4) is 0 Å². The Morgan fingerprint density at radius 1 is 1.10 bits per heavy atom. The van der Waals surface area contributed by atoms with Crippen LogP contribution >= 0.6 is 23.2 Å². The molecule has 0 saturated carbocycles. The minimum absolute atomic E-state index is 0.0338. The van der Waals surface area contributed by atoms with Crippen molar-refractivity contribution in [1.82, 2.24) is 5.32 Å². The van der Waals surface area contributed by atoms with Gasteiger partial charge in [-0.25, -0.2) is 0 Å². The second-order valence-corrected chi connectivity index (χ2v) is 6.65. The average Bonchev–Trinajstić information content (AvgIpc) is 2.48. The van der Waals surface area contributed by atoms with Gasteiger partial charge in [0.05, 0.1) is 20.8 Å². The second-order valence-electron chi connectivity index (χ2n) is 4.34. The molecule has 2 aromatic carbocycles. The van der Waals surface area contributed by atoms with E-state index in [0.717, 1.165) is 5.56 Å².